The number of hydrogen-bond acceptors (Lipinski definition) is 6. The fourth-order valence-corrected chi connectivity index (χ4v) is 4.35. The Labute approximate surface area is 182 Å². The monoisotopic (exact) mass is 429 g/mol. The molecular formula is C22H28ClN5O2. The zero-order valence-corrected chi connectivity index (χ0v) is 18.5. The van der Waals surface area contributed by atoms with E-state index in [0.29, 0.717) is 17.1 Å². The van der Waals surface area contributed by atoms with E-state index in [9.17, 15) is 5.11 Å². The molecule has 1 fully saturated rings. The highest BCUT2D eigenvalue weighted by molar-refractivity contribution is 5.85. The second-order valence-electron chi connectivity index (χ2n) is 9.02. The summed E-state index contributed by atoms with van der Waals surface area (Å²) in [5, 5.41) is 29.3. The fraction of sp³-hybridized carbons (Fsp3) is 0.409. The molecule has 3 heterocycles. The molecule has 0 saturated carbocycles. The highest BCUT2D eigenvalue weighted by Crippen LogP contribution is 2.33. The predicted octanol–water partition coefficient (Wildman–Crippen LogP) is 4.35. The van der Waals surface area contributed by atoms with E-state index >= 15 is 0 Å². The molecule has 0 aliphatic carbocycles. The van der Waals surface area contributed by atoms with Crippen LogP contribution in [0.5, 0.6) is 11.6 Å². The Morgan fingerprint density at radius 2 is 1.73 bits per heavy atom. The fourth-order valence-electron chi connectivity index (χ4n) is 4.35. The first kappa shape index (κ1) is 22.1. The minimum Gasteiger partial charge on any atom is -0.507 e. The van der Waals surface area contributed by atoms with Gasteiger partial charge in [0.05, 0.1) is 11.9 Å². The van der Waals surface area contributed by atoms with Gasteiger partial charge in [-0.25, -0.2) is 0 Å². The van der Waals surface area contributed by atoms with Crippen LogP contribution in [0.25, 0.3) is 22.4 Å². The third-order valence-corrected chi connectivity index (χ3v) is 5.19. The molecule has 4 rings (SSSR count). The quantitative estimate of drug-likeness (QED) is 0.570. The number of nitrogens with zero attached hydrogens (tertiary/aromatic N) is 3. The molecule has 0 bridgehead atoms. The van der Waals surface area contributed by atoms with Gasteiger partial charge in [0.2, 0.25) is 5.88 Å². The van der Waals surface area contributed by atoms with Crippen LogP contribution in [0.15, 0.2) is 42.7 Å². The maximum Gasteiger partial charge on any atom is 0.233 e. The van der Waals surface area contributed by atoms with Crippen LogP contribution in [-0.4, -0.2) is 42.7 Å². The summed E-state index contributed by atoms with van der Waals surface area (Å²) in [4.78, 5) is 0. The van der Waals surface area contributed by atoms with Crippen LogP contribution in [0, 0.1) is 0 Å². The van der Waals surface area contributed by atoms with Crippen molar-refractivity contribution in [3.05, 3.63) is 42.7 Å². The van der Waals surface area contributed by atoms with Crippen LogP contribution in [0.4, 0.5) is 0 Å². The van der Waals surface area contributed by atoms with Crippen LogP contribution in [0.3, 0.4) is 0 Å². The van der Waals surface area contributed by atoms with E-state index in [2.05, 4.69) is 53.4 Å². The van der Waals surface area contributed by atoms with Crippen molar-refractivity contribution in [2.45, 2.75) is 57.7 Å². The number of phenols is 1. The summed E-state index contributed by atoms with van der Waals surface area (Å²) < 4.78 is 6.13. The highest BCUT2D eigenvalue weighted by atomic mass is 35.5. The Balaban J connectivity index is 0.00000256. The number of aromatic hydroxyl groups is 1. The lowest BCUT2D eigenvalue weighted by atomic mass is 9.81. The smallest absolute Gasteiger partial charge is 0.233 e. The Hall–Kier alpha value is -2.64. The van der Waals surface area contributed by atoms with Gasteiger partial charge >= 0.3 is 0 Å². The lowest BCUT2D eigenvalue weighted by Gasteiger charge is -2.46. The van der Waals surface area contributed by atoms with Crippen molar-refractivity contribution in [3.63, 3.8) is 0 Å². The molecule has 160 valence electrons. The van der Waals surface area contributed by atoms with Crippen LogP contribution in [0.2, 0.25) is 0 Å². The van der Waals surface area contributed by atoms with Gasteiger partial charge in [0.15, 0.2) is 0 Å². The standard InChI is InChI=1S/C22H27N5O2.ClH/c1-21(2)10-16(11-22(3,4)27-21)29-20-8-7-18(25-26-20)17-6-5-14(9-19(17)28)15-12-23-24-13-15;/h5-9,12-13,16,27-28H,10-11H2,1-4H3,(H,23,24);1H. The Bertz CT molecular complexity index is 971. The lowest BCUT2D eigenvalue weighted by Crippen LogP contribution is -2.60. The number of nitrogens with one attached hydrogen (secondary N) is 2. The van der Waals surface area contributed by atoms with Crippen molar-refractivity contribution in [1.82, 2.24) is 25.7 Å². The average Bonchev–Trinajstić information content (AvgIpc) is 3.14. The summed E-state index contributed by atoms with van der Waals surface area (Å²) in [5.41, 5.74) is 3.02. The third kappa shape index (κ3) is 4.91. The second kappa shape index (κ2) is 8.24. The molecule has 1 saturated heterocycles. The predicted molar refractivity (Wildman–Crippen MR) is 119 cm³/mol. The van der Waals surface area contributed by atoms with Crippen molar-refractivity contribution in [2.75, 3.05) is 0 Å². The number of phenolic OH excluding ortho intramolecular Hbond substituents is 1. The zero-order valence-electron chi connectivity index (χ0n) is 17.6. The number of halogens is 1. The minimum atomic E-state index is 0. The van der Waals surface area contributed by atoms with Gasteiger partial charge < -0.3 is 15.2 Å². The number of aromatic amines is 1. The number of ether oxygens (including phenoxy) is 1. The molecule has 1 aliphatic heterocycles. The second-order valence-corrected chi connectivity index (χ2v) is 9.02. The van der Waals surface area contributed by atoms with Crippen molar-refractivity contribution in [2.24, 2.45) is 0 Å². The van der Waals surface area contributed by atoms with Gasteiger partial charge in [0.25, 0.3) is 0 Å². The number of H-pyrrole nitrogens is 1. The van der Waals surface area contributed by atoms with E-state index in [1.54, 1.807) is 18.5 Å². The molecular weight excluding hydrogens is 402 g/mol. The molecule has 2 aromatic heterocycles. The number of benzene rings is 1. The third-order valence-electron chi connectivity index (χ3n) is 5.19. The van der Waals surface area contributed by atoms with Crippen LogP contribution in [0.1, 0.15) is 40.5 Å². The summed E-state index contributed by atoms with van der Waals surface area (Å²) in [6.45, 7) is 8.76. The topological polar surface area (TPSA) is 96.0 Å². The maximum atomic E-state index is 10.5. The number of piperidine rings is 1. The first-order chi connectivity index (χ1) is 13.7. The molecule has 7 nitrogen and oxygen atoms in total. The average molecular weight is 430 g/mol. The van der Waals surface area contributed by atoms with Crippen molar-refractivity contribution >= 4 is 12.4 Å². The molecule has 0 atom stereocenters. The molecule has 30 heavy (non-hydrogen) atoms. The summed E-state index contributed by atoms with van der Waals surface area (Å²) >= 11 is 0. The molecule has 3 N–H and O–H groups in total. The van der Waals surface area contributed by atoms with E-state index in [0.717, 1.165) is 24.0 Å². The van der Waals surface area contributed by atoms with Gasteiger partial charge in [-0.3, -0.25) is 5.10 Å². The summed E-state index contributed by atoms with van der Waals surface area (Å²) in [6, 6.07) is 9.09. The van der Waals surface area contributed by atoms with E-state index in [4.69, 9.17) is 4.74 Å². The Kier molecular flexibility index (Phi) is 6.06. The Morgan fingerprint density at radius 3 is 2.30 bits per heavy atom. The highest BCUT2D eigenvalue weighted by Gasteiger charge is 2.38. The van der Waals surface area contributed by atoms with Gasteiger partial charge in [0.1, 0.15) is 11.9 Å². The van der Waals surface area contributed by atoms with Gasteiger partial charge in [-0.05, 0) is 51.5 Å². The first-order valence-corrected chi connectivity index (χ1v) is 9.83. The van der Waals surface area contributed by atoms with Crippen LogP contribution in [-0.2, 0) is 0 Å². The van der Waals surface area contributed by atoms with Gasteiger partial charge in [-0.1, -0.05) is 6.07 Å². The Morgan fingerprint density at radius 1 is 1.00 bits per heavy atom. The first-order valence-electron chi connectivity index (χ1n) is 9.83. The normalized spacial score (nSPS) is 17.9. The van der Waals surface area contributed by atoms with Gasteiger partial charge in [-0.15, -0.1) is 22.6 Å². The number of rotatable bonds is 4. The zero-order chi connectivity index (χ0) is 20.6. The van der Waals surface area contributed by atoms with Crippen molar-refractivity contribution in [1.29, 1.82) is 0 Å². The number of hydrogen-bond donors (Lipinski definition) is 3. The summed E-state index contributed by atoms with van der Waals surface area (Å²) in [6.07, 6.45) is 5.36. The molecule has 8 heteroatoms. The lowest BCUT2D eigenvalue weighted by molar-refractivity contribution is 0.0524. The summed E-state index contributed by atoms with van der Waals surface area (Å²) in [7, 11) is 0. The molecule has 0 unspecified atom stereocenters. The molecule has 1 aliphatic rings. The van der Waals surface area contributed by atoms with Crippen LogP contribution < -0.4 is 10.1 Å². The minimum absolute atomic E-state index is 0. The van der Waals surface area contributed by atoms with E-state index in [-0.39, 0.29) is 35.3 Å². The maximum absolute atomic E-state index is 10.5. The molecule has 0 spiro atoms. The number of aromatic nitrogens is 4. The van der Waals surface area contributed by atoms with Gasteiger partial charge in [-0.2, -0.15) is 5.10 Å². The van der Waals surface area contributed by atoms with E-state index in [1.165, 1.54) is 0 Å². The van der Waals surface area contributed by atoms with Crippen molar-refractivity contribution in [3.8, 4) is 34.0 Å². The largest absolute Gasteiger partial charge is 0.507 e. The molecule has 0 amide bonds. The van der Waals surface area contributed by atoms with E-state index < -0.39 is 0 Å². The SMILES string of the molecule is CC1(C)CC(Oc2ccc(-c3ccc(-c4cn[nH]c4)cc3O)nn2)CC(C)(C)N1.Cl. The molecule has 0 radical (unpaired) electrons. The summed E-state index contributed by atoms with van der Waals surface area (Å²) in [5.74, 6) is 0.648. The van der Waals surface area contributed by atoms with Crippen LogP contribution >= 0.6 is 12.4 Å². The van der Waals surface area contributed by atoms with Crippen molar-refractivity contribution < 1.29 is 9.84 Å². The van der Waals surface area contributed by atoms with E-state index in [1.807, 2.05) is 24.3 Å². The molecule has 1 aromatic carbocycles. The van der Waals surface area contributed by atoms with Gasteiger partial charge in [0, 0.05) is 47.3 Å². The molecule has 3 aromatic rings.